The molecule has 0 aliphatic heterocycles. The highest BCUT2D eigenvalue weighted by atomic mass is 16.4. The third-order valence-corrected chi connectivity index (χ3v) is 4.48. The van der Waals surface area contributed by atoms with Crippen LogP contribution < -0.4 is 0 Å². The van der Waals surface area contributed by atoms with Gasteiger partial charge in [-0.15, -0.1) is 18.3 Å². The standard InChI is InChI=1S/C9H17NO.C9H16O/c1-5-8(2)9(3,4)6-7-10-11;1-5-8(2)9(3,4)6-7-10/h5,7-8,11H,1,6H2,2-4H3;5,7-8H,1,6H2,2-4H3/b10-7+;. The summed E-state index contributed by atoms with van der Waals surface area (Å²) in [6.45, 7) is 20.0. The summed E-state index contributed by atoms with van der Waals surface area (Å²) in [6.07, 6.45) is 7.70. The third kappa shape index (κ3) is 9.22. The second-order valence-electron chi connectivity index (χ2n) is 6.90. The topological polar surface area (TPSA) is 49.7 Å². The van der Waals surface area contributed by atoms with Crippen LogP contribution >= 0.6 is 0 Å². The van der Waals surface area contributed by atoms with Crippen LogP contribution in [0.4, 0.5) is 0 Å². The Bertz CT molecular complexity index is 343. The van der Waals surface area contributed by atoms with Gasteiger partial charge >= 0.3 is 0 Å². The molecule has 0 fully saturated rings. The van der Waals surface area contributed by atoms with Crippen LogP contribution in [0.3, 0.4) is 0 Å². The summed E-state index contributed by atoms with van der Waals surface area (Å²) >= 11 is 0. The number of carbonyl (C=O) groups is 1. The highest BCUT2D eigenvalue weighted by molar-refractivity contribution is 5.57. The SMILES string of the molecule is C=CC(C)C(C)(C)C/C=N/O.C=CC(C)C(C)(C)CC=O. The van der Waals surface area contributed by atoms with Crippen molar-refractivity contribution in [2.45, 2.75) is 54.4 Å². The molecule has 0 saturated heterocycles. The van der Waals surface area contributed by atoms with Crippen LogP contribution in [0.2, 0.25) is 0 Å². The Kier molecular flexibility index (Phi) is 10.8. The monoisotopic (exact) mass is 295 g/mol. The number of nitrogens with zero attached hydrogens (tertiary/aromatic N) is 1. The lowest BCUT2D eigenvalue weighted by atomic mass is 9.78. The Hall–Kier alpha value is -1.38. The van der Waals surface area contributed by atoms with Crippen molar-refractivity contribution in [1.82, 2.24) is 0 Å². The number of carbonyl (C=O) groups excluding carboxylic acids is 1. The Morgan fingerprint density at radius 2 is 1.38 bits per heavy atom. The lowest BCUT2D eigenvalue weighted by Gasteiger charge is -2.27. The maximum Gasteiger partial charge on any atom is 0.120 e. The lowest BCUT2D eigenvalue weighted by Crippen LogP contribution is -2.20. The molecule has 0 bridgehead atoms. The minimum absolute atomic E-state index is 0.0729. The molecular weight excluding hydrogens is 262 g/mol. The molecule has 0 rings (SSSR count). The molecule has 122 valence electrons. The maximum absolute atomic E-state index is 10.2. The molecule has 0 amide bonds. The summed E-state index contributed by atoms with van der Waals surface area (Å²) in [5.41, 5.74) is 0.206. The van der Waals surface area contributed by atoms with Crippen LogP contribution in [0.25, 0.3) is 0 Å². The molecule has 0 aromatic rings. The predicted octanol–water partition coefficient (Wildman–Crippen LogP) is 5.11. The van der Waals surface area contributed by atoms with E-state index in [-0.39, 0.29) is 10.8 Å². The van der Waals surface area contributed by atoms with Gasteiger partial charge in [0.2, 0.25) is 0 Å². The number of hydrogen-bond acceptors (Lipinski definition) is 3. The molecule has 0 aromatic carbocycles. The highest BCUT2D eigenvalue weighted by Crippen LogP contribution is 2.30. The van der Waals surface area contributed by atoms with Crippen molar-refractivity contribution >= 4 is 12.5 Å². The van der Waals surface area contributed by atoms with Crippen LogP contribution in [0.15, 0.2) is 30.5 Å². The van der Waals surface area contributed by atoms with Crippen LogP contribution in [0.1, 0.15) is 54.4 Å². The Morgan fingerprint density at radius 1 is 1.00 bits per heavy atom. The molecule has 2 unspecified atom stereocenters. The van der Waals surface area contributed by atoms with Crippen LogP contribution in [-0.2, 0) is 4.79 Å². The molecule has 0 heterocycles. The highest BCUT2D eigenvalue weighted by Gasteiger charge is 2.22. The van der Waals surface area contributed by atoms with Gasteiger partial charge < -0.3 is 10.0 Å². The van der Waals surface area contributed by atoms with Gasteiger partial charge in [-0.25, -0.2) is 0 Å². The number of allylic oxidation sites excluding steroid dienone is 2. The van der Waals surface area contributed by atoms with E-state index in [2.05, 4.69) is 59.9 Å². The first-order valence-electron chi connectivity index (χ1n) is 7.43. The van der Waals surface area contributed by atoms with E-state index in [1.165, 1.54) is 6.21 Å². The smallest absolute Gasteiger partial charge is 0.120 e. The summed E-state index contributed by atoms with van der Waals surface area (Å²) in [6, 6.07) is 0. The van der Waals surface area contributed by atoms with Crippen molar-refractivity contribution in [3.8, 4) is 0 Å². The Balaban J connectivity index is 0. The summed E-state index contributed by atoms with van der Waals surface area (Å²) < 4.78 is 0. The normalized spacial score (nSPS) is 14.8. The van der Waals surface area contributed by atoms with Gasteiger partial charge in [0.15, 0.2) is 0 Å². The Morgan fingerprint density at radius 3 is 1.67 bits per heavy atom. The first-order valence-corrected chi connectivity index (χ1v) is 7.43. The number of hydrogen-bond donors (Lipinski definition) is 1. The van der Waals surface area contributed by atoms with E-state index in [1.54, 1.807) is 0 Å². The average molecular weight is 295 g/mol. The minimum atomic E-state index is 0.0729. The van der Waals surface area contributed by atoms with Gasteiger partial charge in [-0.05, 0) is 29.1 Å². The molecule has 21 heavy (non-hydrogen) atoms. The number of aldehydes is 1. The van der Waals surface area contributed by atoms with E-state index in [1.807, 2.05) is 12.2 Å². The number of rotatable bonds is 8. The summed E-state index contributed by atoms with van der Waals surface area (Å²) in [5, 5.41) is 11.2. The van der Waals surface area contributed by atoms with E-state index in [9.17, 15) is 4.79 Å². The molecule has 3 heteroatoms. The van der Waals surface area contributed by atoms with Gasteiger partial charge in [-0.3, -0.25) is 0 Å². The summed E-state index contributed by atoms with van der Waals surface area (Å²) in [4.78, 5) is 10.2. The maximum atomic E-state index is 10.2. The van der Waals surface area contributed by atoms with Crippen molar-refractivity contribution in [3.63, 3.8) is 0 Å². The third-order valence-electron chi connectivity index (χ3n) is 4.48. The van der Waals surface area contributed by atoms with Crippen LogP contribution in [0, 0.1) is 22.7 Å². The lowest BCUT2D eigenvalue weighted by molar-refractivity contribution is -0.109. The predicted molar refractivity (Wildman–Crippen MR) is 91.9 cm³/mol. The zero-order valence-corrected chi connectivity index (χ0v) is 14.6. The molecule has 0 saturated carbocycles. The molecular formula is C18H33NO2. The van der Waals surface area contributed by atoms with Crippen LogP contribution in [0.5, 0.6) is 0 Å². The van der Waals surface area contributed by atoms with Crippen molar-refractivity contribution in [2.75, 3.05) is 0 Å². The zero-order valence-electron chi connectivity index (χ0n) is 14.6. The molecule has 0 spiro atoms. The van der Waals surface area contributed by atoms with Gasteiger partial charge in [0.05, 0.1) is 0 Å². The van der Waals surface area contributed by atoms with E-state index in [0.717, 1.165) is 12.7 Å². The summed E-state index contributed by atoms with van der Waals surface area (Å²) in [5.74, 6) is 0.832. The molecule has 1 N–H and O–H groups in total. The molecule has 0 radical (unpaired) electrons. The van der Waals surface area contributed by atoms with E-state index in [0.29, 0.717) is 18.3 Å². The fraction of sp³-hybridized carbons (Fsp3) is 0.667. The van der Waals surface area contributed by atoms with E-state index in [4.69, 9.17) is 5.21 Å². The Labute approximate surface area is 130 Å². The van der Waals surface area contributed by atoms with Gasteiger partial charge in [0.1, 0.15) is 6.29 Å². The zero-order chi connectivity index (χ0) is 17.1. The quantitative estimate of drug-likeness (QED) is 0.222. The van der Waals surface area contributed by atoms with Crippen molar-refractivity contribution in [1.29, 1.82) is 0 Å². The van der Waals surface area contributed by atoms with E-state index >= 15 is 0 Å². The first kappa shape index (κ1) is 21.9. The number of oxime groups is 1. The van der Waals surface area contributed by atoms with Gasteiger partial charge in [-0.1, -0.05) is 53.7 Å². The van der Waals surface area contributed by atoms with Gasteiger partial charge in [-0.2, -0.15) is 0 Å². The van der Waals surface area contributed by atoms with Gasteiger partial charge in [0, 0.05) is 12.6 Å². The molecule has 0 aliphatic rings. The first-order chi connectivity index (χ1) is 9.58. The van der Waals surface area contributed by atoms with Crippen molar-refractivity contribution < 1.29 is 10.0 Å². The largest absolute Gasteiger partial charge is 0.411 e. The van der Waals surface area contributed by atoms with Gasteiger partial charge in [0.25, 0.3) is 0 Å². The fourth-order valence-corrected chi connectivity index (χ4v) is 1.50. The van der Waals surface area contributed by atoms with Crippen molar-refractivity contribution in [2.24, 2.45) is 27.8 Å². The van der Waals surface area contributed by atoms with Crippen molar-refractivity contribution in [3.05, 3.63) is 25.3 Å². The molecule has 0 aromatic heterocycles. The van der Waals surface area contributed by atoms with E-state index < -0.39 is 0 Å². The average Bonchev–Trinajstić information content (AvgIpc) is 2.43. The summed E-state index contributed by atoms with van der Waals surface area (Å²) in [7, 11) is 0. The second-order valence-corrected chi connectivity index (χ2v) is 6.90. The molecule has 3 nitrogen and oxygen atoms in total. The fourth-order valence-electron chi connectivity index (χ4n) is 1.50. The van der Waals surface area contributed by atoms with Crippen LogP contribution in [-0.4, -0.2) is 17.7 Å². The second kappa shape index (κ2) is 10.4. The minimum Gasteiger partial charge on any atom is -0.411 e. The molecule has 0 aliphatic carbocycles. The molecule has 2 atom stereocenters.